The molecule has 4 atom stereocenters. The molecule has 1 saturated heterocycles. The quantitative estimate of drug-likeness (QED) is 0.327. The maximum absolute atomic E-state index is 12.8. The van der Waals surface area contributed by atoms with Gasteiger partial charge in [0.25, 0.3) is 11.8 Å². The second kappa shape index (κ2) is 7.28. The highest BCUT2D eigenvalue weighted by molar-refractivity contribution is 6.06. The number of aromatic nitrogens is 1. The molecule has 0 N–H and O–H groups in total. The number of nitrogens with zero attached hydrogens (tertiary/aromatic N) is 3. The van der Waals surface area contributed by atoms with E-state index in [-0.39, 0.29) is 42.1 Å². The van der Waals surface area contributed by atoms with Gasteiger partial charge in [0.2, 0.25) is 0 Å². The van der Waals surface area contributed by atoms with Gasteiger partial charge in [0, 0.05) is 22.6 Å². The van der Waals surface area contributed by atoms with Gasteiger partial charge in [-0.1, -0.05) is 18.1 Å². The molecule has 0 unspecified atom stereocenters. The minimum atomic E-state index is -0.234. The van der Waals surface area contributed by atoms with E-state index < -0.39 is 0 Å². The van der Waals surface area contributed by atoms with Crippen LogP contribution in [0.15, 0.2) is 47.6 Å². The van der Waals surface area contributed by atoms with Gasteiger partial charge < -0.3 is 9.30 Å². The molecule has 3 aliphatic rings. The molecule has 2 heterocycles. The Balaban J connectivity index is 1.38. The molecule has 1 aliphatic heterocycles. The monoisotopic (exact) mass is 413 g/mol. The van der Waals surface area contributed by atoms with Gasteiger partial charge in [0.15, 0.2) is 0 Å². The van der Waals surface area contributed by atoms with E-state index in [1.165, 1.54) is 0 Å². The number of ether oxygens (including phenoxy) is 1. The third kappa shape index (κ3) is 3.00. The highest BCUT2D eigenvalue weighted by atomic mass is 16.5. The van der Waals surface area contributed by atoms with E-state index in [9.17, 15) is 9.59 Å². The third-order valence-electron chi connectivity index (χ3n) is 6.65. The normalized spacial score (nSPS) is 26.2. The van der Waals surface area contributed by atoms with Gasteiger partial charge in [-0.05, 0) is 62.4 Å². The van der Waals surface area contributed by atoms with Crippen LogP contribution < -0.4 is 4.74 Å². The summed E-state index contributed by atoms with van der Waals surface area (Å²) in [4.78, 5) is 25.6. The number of carbonyl (C=O) groups excluding carboxylic acids is 2. The molecule has 2 aliphatic carbocycles. The minimum Gasteiger partial charge on any atom is -0.481 e. The summed E-state index contributed by atoms with van der Waals surface area (Å²) in [5.41, 5.74) is 3.84. The van der Waals surface area contributed by atoms with Gasteiger partial charge in [0.1, 0.15) is 12.4 Å². The summed E-state index contributed by atoms with van der Waals surface area (Å²) in [6.07, 6.45) is 11.9. The van der Waals surface area contributed by atoms with Crippen LogP contribution in [0.4, 0.5) is 0 Å². The van der Waals surface area contributed by atoms with E-state index in [1.54, 1.807) is 6.21 Å². The first-order valence-corrected chi connectivity index (χ1v) is 10.5. The van der Waals surface area contributed by atoms with Crippen LogP contribution in [0.3, 0.4) is 0 Å². The van der Waals surface area contributed by atoms with Crippen molar-refractivity contribution in [3.63, 3.8) is 0 Å². The number of hydrogen-bond acceptors (Lipinski definition) is 4. The Morgan fingerprint density at radius 3 is 2.39 bits per heavy atom. The van der Waals surface area contributed by atoms with Crippen molar-refractivity contribution in [1.82, 2.24) is 9.58 Å². The smallest absolute Gasteiger partial charge is 0.254 e. The maximum Gasteiger partial charge on any atom is 0.254 e. The number of terminal acetylenes is 1. The number of benzene rings is 1. The molecule has 2 amide bonds. The molecular weight excluding hydrogens is 390 g/mol. The van der Waals surface area contributed by atoms with E-state index in [0.29, 0.717) is 5.75 Å². The highest BCUT2D eigenvalue weighted by Crippen LogP contribution is 2.52. The average Bonchev–Trinajstić information content (AvgIpc) is 3.50. The maximum atomic E-state index is 12.8. The molecule has 0 radical (unpaired) electrons. The number of allylic oxidation sites excluding steroid dienone is 2. The number of hydrazone groups is 1. The van der Waals surface area contributed by atoms with Gasteiger partial charge in [-0.25, -0.2) is 0 Å². The molecule has 1 aromatic carbocycles. The van der Waals surface area contributed by atoms with Crippen molar-refractivity contribution in [3.8, 4) is 23.8 Å². The van der Waals surface area contributed by atoms with E-state index in [0.717, 1.165) is 34.1 Å². The highest BCUT2D eigenvalue weighted by Gasteiger charge is 2.59. The molecule has 2 aromatic rings. The second-order valence-electron chi connectivity index (χ2n) is 8.38. The van der Waals surface area contributed by atoms with Crippen LogP contribution in [-0.2, 0) is 9.59 Å². The number of aryl methyl sites for hydroxylation is 1. The second-order valence-corrected chi connectivity index (χ2v) is 8.38. The number of fused-ring (bicyclic) bond motifs is 5. The molecule has 5 rings (SSSR count). The van der Waals surface area contributed by atoms with Crippen molar-refractivity contribution < 1.29 is 14.3 Å². The molecule has 0 spiro atoms. The first-order valence-electron chi connectivity index (χ1n) is 10.5. The number of hydrogen-bond donors (Lipinski definition) is 0. The number of carbonyl (C=O) groups is 2. The van der Waals surface area contributed by atoms with E-state index in [1.807, 2.05) is 44.2 Å². The Morgan fingerprint density at radius 1 is 1.13 bits per heavy atom. The van der Waals surface area contributed by atoms with Crippen molar-refractivity contribution in [3.05, 3.63) is 59.4 Å². The summed E-state index contributed by atoms with van der Waals surface area (Å²) < 4.78 is 7.53. The summed E-state index contributed by atoms with van der Waals surface area (Å²) in [5, 5.41) is 5.41. The largest absolute Gasteiger partial charge is 0.481 e. The number of rotatable bonds is 5. The summed E-state index contributed by atoms with van der Waals surface area (Å²) >= 11 is 0. The molecule has 156 valence electrons. The Kier molecular flexibility index (Phi) is 4.55. The fourth-order valence-electron chi connectivity index (χ4n) is 5.25. The van der Waals surface area contributed by atoms with Crippen molar-refractivity contribution in [2.75, 3.05) is 6.61 Å². The fraction of sp³-hybridized carbons (Fsp3) is 0.320. The summed E-state index contributed by atoms with van der Waals surface area (Å²) in [6, 6.07) is 9.68. The molecule has 1 saturated carbocycles. The Morgan fingerprint density at radius 2 is 1.77 bits per heavy atom. The third-order valence-corrected chi connectivity index (χ3v) is 6.65. The predicted octanol–water partition coefficient (Wildman–Crippen LogP) is 3.25. The van der Waals surface area contributed by atoms with Gasteiger partial charge in [-0.15, -0.1) is 6.42 Å². The molecule has 6 nitrogen and oxygen atoms in total. The van der Waals surface area contributed by atoms with Crippen LogP contribution in [0.1, 0.15) is 23.4 Å². The lowest BCUT2D eigenvalue weighted by atomic mass is 9.85. The lowest BCUT2D eigenvalue weighted by Crippen LogP contribution is -2.28. The van der Waals surface area contributed by atoms with E-state index in [4.69, 9.17) is 11.2 Å². The van der Waals surface area contributed by atoms with Gasteiger partial charge in [0.05, 0.1) is 18.1 Å². The number of imide groups is 1. The number of amides is 2. The van der Waals surface area contributed by atoms with Crippen LogP contribution in [0.5, 0.6) is 5.75 Å². The Labute approximate surface area is 181 Å². The molecule has 2 bridgehead atoms. The lowest BCUT2D eigenvalue weighted by Gasteiger charge is -2.13. The Bertz CT molecular complexity index is 1140. The molecule has 2 fully saturated rings. The molecule has 6 heteroatoms. The van der Waals surface area contributed by atoms with Crippen LogP contribution in [0.2, 0.25) is 0 Å². The zero-order valence-corrected chi connectivity index (χ0v) is 17.5. The first-order chi connectivity index (χ1) is 15.0. The molecular formula is C25H23N3O3. The standard InChI is InChI=1S/C25H23N3O3/c1-4-11-31-21-9-7-20(8-10-21)27-15(2)12-19(16(27)3)14-26-28-24(29)22-17-5-6-18(13-17)23(22)25(28)30/h1,5-10,12,14,17-18,22-23H,11,13H2,2-3H3/t17-,18-,22-,23+/m0/s1. The molecule has 31 heavy (non-hydrogen) atoms. The first kappa shape index (κ1) is 19.4. The van der Waals surface area contributed by atoms with Crippen LogP contribution in [0, 0.1) is 49.9 Å². The van der Waals surface area contributed by atoms with Crippen LogP contribution in [0.25, 0.3) is 5.69 Å². The van der Waals surface area contributed by atoms with E-state index >= 15 is 0 Å². The van der Waals surface area contributed by atoms with Gasteiger partial charge in [-0.2, -0.15) is 10.1 Å². The van der Waals surface area contributed by atoms with E-state index in [2.05, 4.69) is 27.7 Å². The summed E-state index contributed by atoms with van der Waals surface area (Å²) in [6.45, 7) is 4.23. The Hall–Kier alpha value is -3.59. The average molecular weight is 413 g/mol. The van der Waals surface area contributed by atoms with Gasteiger partial charge in [-0.3, -0.25) is 9.59 Å². The zero-order chi connectivity index (χ0) is 21.7. The lowest BCUT2D eigenvalue weighted by molar-refractivity contribution is -0.140. The minimum absolute atomic E-state index is 0.167. The molecule has 1 aromatic heterocycles. The topological polar surface area (TPSA) is 63.9 Å². The van der Waals surface area contributed by atoms with Gasteiger partial charge >= 0.3 is 0 Å². The van der Waals surface area contributed by atoms with Crippen LogP contribution >= 0.6 is 0 Å². The van der Waals surface area contributed by atoms with Crippen molar-refractivity contribution in [1.29, 1.82) is 0 Å². The van der Waals surface area contributed by atoms with Crippen LogP contribution in [-0.4, -0.2) is 34.2 Å². The summed E-state index contributed by atoms with van der Waals surface area (Å²) in [7, 11) is 0. The van der Waals surface area contributed by atoms with Crippen molar-refractivity contribution >= 4 is 18.0 Å². The zero-order valence-electron chi connectivity index (χ0n) is 17.5. The van der Waals surface area contributed by atoms with Crippen molar-refractivity contribution in [2.24, 2.45) is 28.8 Å². The van der Waals surface area contributed by atoms with Crippen molar-refractivity contribution in [2.45, 2.75) is 20.3 Å². The SMILES string of the molecule is C#CCOc1ccc(-n2c(C)cc(C=NN3C(=O)[C@@H]4[C@H](C3=O)[C@H]3C=C[C@H]4C3)c2C)cc1. The fourth-order valence-corrected chi connectivity index (χ4v) is 5.25. The summed E-state index contributed by atoms with van der Waals surface area (Å²) in [5.74, 6) is 2.73. The predicted molar refractivity (Wildman–Crippen MR) is 117 cm³/mol.